The van der Waals surface area contributed by atoms with Gasteiger partial charge < -0.3 is 10.5 Å². The topological polar surface area (TPSA) is 52.3 Å². The number of halogens is 1. The minimum atomic E-state index is -0.968. The van der Waals surface area contributed by atoms with Crippen molar-refractivity contribution in [2.45, 2.75) is 25.8 Å². The second-order valence-electron chi connectivity index (χ2n) is 3.94. The Bertz CT molecular complexity index is 360. The Kier molecular flexibility index (Phi) is 4.50. The molecule has 0 spiro atoms. The molecule has 1 atom stereocenters. The van der Waals surface area contributed by atoms with Gasteiger partial charge >= 0.3 is 5.97 Å². The second kappa shape index (κ2) is 5.46. The van der Waals surface area contributed by atoms with Crippen LogP contribution in [-0.4, -0.2) is 18.1 Å². The number of hydrogen-bond donors (Lipinski definition) is 1. The molecule has 0 radical (unpaired) electrons. The van der Waals surface area contributed by atoms with Gasteiger partial charge in [0.1, 0.15) is 5.54 Å². The van der Waals surface area contributed by atoms with Crippen molar-refractivity contribution in [3.63, 3.8) is 0 Å². The highest BCUT2D eigenvalue weighted by Gasteiger charge is 2.29. The maximum atomic E-state index is 11.6. The van der Waals surface area contributed by atoms with Gasteiger partial charge in [-0.25, -0.2) is 0 Å². The normalized spacial score (nSPS) is 14.2. The minimum absolute atomic E-state index is 0.353. The SMILES string of the molecule is CCOC(=O)[C@](C)(N)Cc1ccc(Br)cc1. The largest absolute Gasteiger partial charge is 0.465 e. The van der Waals surface area contributed by atoms with Crippen molar-refractivity contribution in [3.05, 3.63) is 34.3 Å². The van der Waals surface area contributed by atoms with Gasteiger partial charge in [-0.05, 0) is 31.5 Å². The molecule has 1 aromatic rings. The molecular weight excluding hydrogens is 270 g/mol. The lowest BCUT2D eigenvalue weighted by atomic mass is 9.94. The van der Waals surface area contributed by atoms with Crippen LogP contribution >= 0.6 is 15.9 Å². The maximum absolute atomic E-state index is 11.6. The first-order valence-corrected chi connectivity index (χ1v) is 5.95. The molecule has 0 amide bonds. The lowest BCUT2D eigenvalue weighted by molar-refractivity contribution is -0.148. The molecule has 0 fully saturated rings. The van der Waals surface area contributed by atoms with Crippen molar-refractivity contribution >= 4 is 21.9 Å². The van der Waals surface area contributed by atoms with Crippen LogP contribution in [0, 0.1) is 0 Å². The molecule has 0 saturated heterocycles. The van der Waals surface area contributed by atoms with Gasteiger partial charge in [0.2, 0.25) is 0 Å². The third kappa shape index (κ3) is 3.61. The van der Waals surface area contributed by atoms with Gasteiger partial charge in [-0.2, -0.15) is 0 Å². The van der Waals surface area contributed by atoms with Crippen molar-refractivity contribution in [1.29, 1.82) is 0 Å². The summed E-state index contributed by atoms with van der Waals surface area (Å²) in [5.74, 6) is -0.363. The first-order chi connectivity index (χ1) is 7.45. The summed E-state index contributed by atoms with van der Waals surface area (Å²) >= 11 is 3.36. The molecule has 0 aliphatic carbocycles. The Morgan fingerprint density at radius 3 is 2.50 bits per heavy atom. The zero-order valence-corrected chi connectivity index (χ0v) is 11.1. The Morgan fingerprint density at radius 2 is 2.00 bits per heavy atom. The van der Waals surface area contributed by atoms with Gasteiger partial charge in [0.15, 0.2) is 0 Å². The zero-order chi connectivity index (χ0) is 12.2. The maximum Gasteiger partial charge on any atom is 0.326 e. The third-order valence-electron chi connectivity index (χ3n) is 2.23. The van der Waals surface area contributed by atoms with E-state index in [-0.39, 0.29) is 5.97 Å². The van der Waals surface area contributed by atoms with Crippen molar-refractivity contribution < 1.29 is 9.53 Å². The Morgan fingerprint density at radius 1 is 1.44 bits per heavy atom. The minimum Gasteiger partial charge on any atom is -0.465 e. The number of rotatable bonds is 4. The lowest BCUT2D eigenvalue weighted by Gasteiger charge is -2.22. The predicted molar refractivity (Wildman–Crippen MR) is 67.1 cm³/mol. The summed E-state index contributed by atoms with van der Waals surface area (Å²) in [5.41, 5.74) is 5.98. The molecule has 3 nitrogen and oxygen atoms in total. The lowest BCUT2D eigenvalue weighted by Crippen LogP contribution is -2.48. The van der Waals surface area contributed by atoms with E-state index >= 15 is 0 Å². The van der Waals surface area contributed by atoms with Crippen molar-refractivity contribution in [2.24, 2.45) is 5.73 Å². The molecule has 16 heavy (non-hydrogen) atoms. The number of ether oxygens (including phenoxy) is 1. The zero-order valence-electron chi connectivity index (χ0n) is 9.50. The van der Waals surface area contributed by atoms with E-state index in [9.17, 15) is 4.79 Å². The van der Waals surface area contributed by atoms with Crippen LogP contribution in [0.15, 0.2) is 28.7 Å². The van der Waals surface area contributed by atoms with E-state index in [1.165, 1.54) is 0 Å². The second-order valence-corrected chi connectivity index (χ2v) is 4.86. The molecule has 4 heteroatoms. The van der Waals surface area contributed by atoms with E-state index in [4.69, 9.17) is 10.5 Å². The Labute approximate surface area is 104 Å². The van der Waals surface area contributed by atoms with E-state index < -0.39 is 5.54 Å². The highest BCUT2D eigenvalue weighted by atomic mass is 79.9. The van der Waals surface area contributed by atoms with Crippen LogP contribution in [0.1, 0.15) is 19.4 Å². The summed E-state index contributed by atoms with van der Waals surface area (Å²) in [4.78, 5) is 11.6. The van der Waals surface area contributed by atoms with Gasteiger partial charge in [-0.3, -0.25) is 4.79 Å². The highest BCUT2D eigenvalue weighted by Crippen LogP contribution is 2.16. The van der Waals surface area contributed by atoms with Gasteiger partial charge in [0.05, 0.1) is 6.61 Å². The van der Waals surface area contributed by atoms with E-state index in [2.05, 4.69) is 15.9 Å². The van der Waals surface area contributed by atoms with Crippen LogP contribution in [0.3, 0.4) is 0 Å². The standard InChI is InChI=1S/C12H16BrNO2/c1-3-16-11(15)12(2,14)8-9-4-6-10(13)7-5-9/h4-7H,3,8,14H2,1-2H3/t12-/m1/s1. The molecule has 0 aromatic heterocycles. The number of nitrogens with two attached hydrogens (primary N) is 1. The van der Waals surface area contributed by atoms with Crippen LogP contribution < -0.4 is 5.73 Å². The van der Waals surface area contributed by atoms with Crippen LogP contribution in [0.5, 0.6) is 0 Å². The fourth-order valence-corrected chi connectivity index (χ4v) is 1.66. The average Bonchev–Trinajstić information content (AvgIpc) is 2.21. The van der Waals surface area contributed by atoms with Crippen molar-refractivity contribution in [2.75, 3.05) is 6.61 Å². The average molecular weight is 286 g/mol. The predicted octanol–water partition coefficient (Wildman–Crippen LogP) is 2.27. The molecule has 1 rings (SSSR count). The third-order valence-corrected chi connectivity index (χ3v) is 2.76. The van der Waals surface area contributed by atoms with E-state index in [0.29, 0.717) is 13.0 Å². The molecule has 0 unspecified atom stereocenters. The van der Waals surface area contributed by atoms with Gasteiger partial charge in [-0.15, -0.1) is 0 Å². The molecule has 2 N–H and O–H groups in total. The van der Waals surface area contributed by atoms with Crippen LogP contribution in [0.2, 0.25) is 0 Å². The van der Waals surface area contributed by atoms with Gasteiger partial charge in [-0.1, -0.05) is 28.1 Å². The molecular formula is C12H16BrNO2. The number of hydrogen-bond acceptors (Lipinski definition) is 3. The molecule has 0 heterocycles. The first-order valence-electron chi connectivity index (χ1n) is 5.16. The van der Waals surface area contributed by atoms with Crippen molar-refractivity contribution in [3.8, 4) is 0 Å². The Balaban J connectivity index is 2.72. The first kappa shape index (κ1) is 13.2. The fraction of sp³-hybridized carbons (Fsp3) is 0.417. The van der Waals surface area contributed by atoms with E-state index in [1.54, 1.807) is 13.8 Å². The fourth-order valence-electron chi connectivity index (χ4n) is 1.39. The number of carbonyl (C=O) groups excluding carboxylic acids is 1. The summed E-state index contributed by atoms with van der Waals surface area (Å²) in [6.07, 6.45) is 0.471. The molecule has 88 valence electrons. The summed E-state index contributed by atoms with van der Waals surface area (Å²) < 4.78 is 5.94. The van der Waals surface area contributed by atoms with Crippen molar-refractivity contribution in [1.82, 2.24) is 0 Å². The van der Waals surface area contributed by atoms with Crippen LogP contribution in [0.25, 0.3) is 0 Å². The van der Waals surface area contributed by atoms with E-state index in [0.717, 1.165) is 10.0 Å². The summed E-state index contributed by atoms with van der Waals surface area (Å²) in [6, 6.07) is 7.73. The quantitative estimate of drug-likeness (QED) is 0.864. The van der Waals surface area contributed by atoms with Gasteiger partial charge in [0, 0.05) is 10.9 Å². The highest BCUT2D eigenvalue weighted by molar-refractivity contribution is 9.10. The summed E-state index contributed by atoms with van der Waals surface area (Å²) in [6.45, 7) is 3.81. The Hall–Kier alpha value is -0.870. The molecule has 0 aliphatic heterocycles. The molecule has 0 aliphatic rings. The van der Waals surface area contributed by atoms with Crippen LogP contribution in [0.4, 0.5) is 0 Å². The molecule has 0 bridgehead atoms. The summed E-state index contributed by atoms with van der Waals surface area (Å²) in [7, 11) is 0. The van der Waals surface area contributed by atoms with Gasteiger partial charge in [0.25, 0.3) is 0 Å². The van der Waals surface area contributed by atoms with E-state index in [1.807, 2.05) is 24.3 Å². The van der Waals surface area contributed by atoms with Crippen LogP contribution in [-0.2, 0) is 16.0 Å². The monoisotopic (exact) mass is 285 g/mol. The smallest absolute Gasteiger partial charge is 0.326 e. The number of benzene rings is 1. The number of carbonyl (C=O) groups is 1. The molecule has 1 aromatic carbocycles. The molecule has 0 saturated carbocycles. The summed E-state index contributed by atoms with van der Waals surface area (Å²) in [5, 5.41) is 0. The number of esters is 1.